The van der Waals surface area contributed by atoms with Crippen LogP contribution in [0.15, 0.2) is 42.5 Å². The van der Waals surface area contributed by atoms with E-state index in [0.29, 0.717) is 31.1 Å². The SMILES string of the molecule is CC1CCCC1OCN(Cc1ccc(Cl)cc1)Cc1ccc(O)c([C@@H]2CO2)c1. The summed E-state index contributed by atoms with van der Waals surface area (Å²) in [7, 11) is 0. The van der Waals surface area contributed by atoms with Crippen molar-refractivity contribution in [3.05, 3.63) is 64.2 Å². The van der Waals surface area contributed by atoms with Crippen LogP contribution in [0.5, 0.6) is 5.75 Å². The topological polar surface area (TPSA) is 45.2 Å². The van der Waals surface area contributed by atoms with Crippen LogP contribution < -0.4 is 0 Å². The Bertz CT molecular complexity index is 791. The summed E-state index contributed by atoms with van der Waals surface area (Å²) >= 11 is 6.04. The predicted octanol–water partition coefficient (Wildman–Crippen LogP) is 5.28. The number of halogens is 1. The van der Waals surface area contributed by atoms with E-state index in [0.717, 1.165) is 35.7 Å². The highest BCUT2D eigenvalue weighted by atomic mass is 35.5. The van der Waals surface area contributed by atoms with Crippen molar-refractivity contribution in [3.8, 4) is 5.75 Å². The Morgan fingerprint density at radius 2 is 1.82 bits per heavy atom. The Hall–Kier alpha value is -1.59. The van der Waals surface area contributed by atoms with Gasteiger partial charge < -0.3 is 14.6 Å². The highest BCUT2D eigenvalue weighted by molar-refractivity contribution is 6.30. The van der Waals surface area contributed by atoms with Crippen LogP contribution in [0.4, 0.5) is 0 Å². The second kappa shape index (κ2) is 8.83. The maximum atomic E-state index is 10.1. The van der Waals surface area contributed by atoms with Gasteiger partial charge in [-0.1, -0.05) is 43.1 Å². The first-order valence-electron chi connectivity index (χ1n) is 10.1. The van der Waals surface area contributed by atoms with Crippen LogP contribution in [-0.4, -0.2) is 29.4 Å². The molecule has 5 heteroatoms. The lowest BCUT2D eigenvalue weighted by molar-refractivity contribution is -0.0419. The lowest BCUT2D eigenvalue weighted by Gasteiger charge is -2.26. The molecule has 4 nitrogen and oxygen atoms in total. The van der Waals surface area contributed by atoms with Crippen molar-refractivity contribution < 1.29 is 14.6 Å². The van der Waals surface area contributed by atoms with Gasteiger partial charge in [0.25, 0.3) is 0 Å². The van der Waals surface area contributed by atoms with Gasteiger partial charge in [0.05, 0.1) is 19.4 Å². The van der Waals surface area contributed by atoms with Crippen LogP contribution in [0.2, 0.25) is 5.02 Å². The van der Waals surface area contributed by atoms with E-state index in [1.807, 2.05) is 18.2 Å². The van der Waals surface area contributed by atoms with E-state index in [9.17, 15) is 5.11 Å². The zero-order valence-corrected chi connectivity index (χ0v) is 17.1. The first-order chi connectivity index (χ1) is 13.6. The smallest absolute Gasteiger partial charge is 0.121 e. The van der Waals surface area contributed by atoms with E-state index in [4.69, 9.17) is 21.1 Å². The molecule has 0 amide bonds. The van der Waals surface area contributed by atoms with Gasteiger partial charge in [-0.15, -0.1) is 0 Å². The Morgan fingerprint density at radius 3 is 2.50 bits per heavy atom. The van der Waals surface area contributed by atoms with Crippen LogP contribution in [-0.2, 0) is 22.6 Å². The average molecular weight is 402 g/mol. The van der Waals surface area contributed by atoms with Gasteiger partial charge in [0.15, 0.2) is 0 Å². The molecule has 2 fully saturated rings. The summed E-state index contributed by atoms with van der Waals surface area (Å²) < 4.78 is 11.6. The van der Waals surface area contributed by atoms with Gasteiger partial charge in [0.2, 0.25) is 0 Å². The van der Waals surface area contributed by atoms with E-state index >= 15 is 0 Å². The van der Waals surface area contributed by atoms with Crippen molar-refractivity contribution >= 4 is 11.6 Å². The molecule has 150 valence electrons. The maximum Gasteiger partial charge on any atom is 0.121 e. The number of ether oxygens (including phenoxy) is 2. The highest BCUT2D eigenvalue weighted by Gasteiger charge is 2.28. The molecule has 3 atom stereocenters. The van der Waals surface area contributed by atoms with E-state index < -0.39 is 0 Å². The van der Waals surface area contributed by atoms with Crippen molar-refractivity contribution in [2.24, 2.45) is 5.92 Å². The van der Waals surface area contributed by atoms with Gasteiger partial charge in [-0.2, -0.15) is 0 Å². The van der Waals surface area contributed by atoms with Gasteiger partial charge in [-0.25, -0.2) is 0 Å². The van der Waals surface area contributed by atoms with Gasteiger partial charge in [0, 0.05) is 23.7 Å². The van der Waals surface area contributed by atoms with Crippen LogP contribution in [0, 0.1) is 5.92 Å². The van der Waals surface area contributed by atoms with E-state index in [1.165, 1.54) is 18.4 Å². The van der Waals surface area contributed by atoms with Crippen molar-refractivity contribution in [3.63, 3.8) is 0 Å². The van der Waals surface area contributed by atoms with Gasteiger partial charge in [0.1, 0.15) is 11.9 Å². The summed E-state index contributed by atoms with van der Waals surface area (Å²) in [6.07, 6.45) is 4.05. The van der Waals surface area contributed by atoms with Crippen LogP contribution in [0.1, 0.15) is 49.0 Å². The fourth-order valence-electron chi connectivity index (χ4n) is 4.00. The molecular weight excluding hydrogens is 374 g/mol. The molecule has 0 bridgehead atoms. The number of nitrogens with zero attached hydrogens (tertiary/aromatic N) is 1. The zero-order chi connectivity index (χ0) is 19.5. The van der Waals surface area contributed by atoms with Gasteiger partial charge >= 0.3 is 0 Å². The quantitative estimate of drug-likeness (QED) is 0.482. The standard InChI is InChI=1S/C23H28ClNO3/c1-16-3-2-4-22(16)28-15-25(12-17-5-8-19(24)9-6-17)13-18-7-10-21(26)20(11-18)23-14-27-23/h5-11,16,22-23,26H,2-4,12-15H2,1H3/t16?,22?,23-/m0/s1. The molecule has 28 heavy (non-hydrogen) atoms. The predicted molar refractivity (Wildman–Crippen MR) is 110 cm³/mol. The minimum atomic E-state index is 0.0419. The van der Waals surface area contributed by atoms with E-state index in [-0.39, 0.29) is 6.10 Å². The van der Waals surface area contributed by atoms with Crippen LogP contribution >= 0.6 is 11.6 Å². The molecule has 2 unspecified atom stereocenters. The summed E-state index contributed by atoms with van der Waals surface area (Å²) in [5.41, 5.74) is 3.24. The number of epoxide rings is 1. The lowest BCUT2D eigenvalue weighted by atomic mass is 10.1. The molecule has 1 heterocycles. The maximum absolute atomic E-state index is 10.1. The summed E-state index contributed by atoms with van der Waals surface area (Å²) in [6, 6.07) is 13.8. The fraction of sp³-hybridized carbons (Fsp3) is 0.478. The number of phenolic OH excluding ortho intramolecular Hbond substituents is 1. The fourth-order valence-corrected chi connectivity index (χ4v) is 4.13. The Balaban J connectivity index is 1.46. The summed E-state index contributed by atoms with van der Waals surface area (Å²) in [6.45, 7) is 5.10. The van der Waals surface area contributed by atoms with Gasteiger partial charge in [-0.3, -0.25) is 4.90 Å². The minimum Gasteiger partial charge on any atom is -0.508 e. The number of hydrogen-bond acceptors (Lipinski definition) is 4. The second-order valence-electron chi connectivity index (χ2n) is 8.07. The Labute approximate surface area is 172 Å². The number of rotatable bonds is 8. The molecule has 0 spiro atoms. The minimum absolute atomic E-state index is 0.0419. The Kier molecular flexibility index (Phi) is 6.22. The normalized spacial score (nSPS) is 24.0. The molecule has 4 rings (SSSR count). The van der Waals surface area contributed by atoms with E-state index in [2.05, 4.69) is 30.0 Å². The van der Waals surface area contributed by atoms with Gasteiger partial charge in [-0.05, 0) is 54.2 Å². The summed E-state index contributed by atoms with van der Waals surface area (Å²) in [4.78, 5) is 2.30. The largest absolute Gasteiger partial charge is 0.508 e. The number of aromatic hydroxyl groups is 1. The first-order valence-corrected chi connectivity index (χ1v) is 10.5. The third-order valence-electron chi connectivity index (χ3n) is 5.75. The van der Waals surface area contributed by atoms with Crippen LogP contribution in [0.25, 0.3) is 0 Å². The van der Waals surface area contributed by atoms with Crippen molar-refractivity contribution in [1.29, 1.82) is 0 Å². The first kappa shape index (κ1) is 19.7. The monoisotopic (exact) mass is 401 g/mol. The molecule has 0 aromatic heterocycles. The second-order valence-corrected chi connectivity index (χ2v) is 8.51. The molecule has 2 aromatic rings. The molecule has 2 aliphatic rings. The molecule has 1 aliphatic carbocycles. The molecule has 2 aromatic carbocycles. The summed E-state index contributed by atoms with van der Waals surface area (Å²) in [5.74, 6) is 0.941. The van der Waals surface area contributed by atoms with E-state index in [1.54, 1.807) is 6.07 Å². The third-order valence-corrected chi connectivity index (χ3v) is 6.00. The molecule has 1 saturated carbocycles. The zero-order valence-electron chi connectivity index (χ0n) is 16.3. The highest BCUT2D eigenvalue weighted by Crippen LogP contribution is 2.36. The molecule has 1 N–H and O–H groups in total. The molecule has 0 radical (unpaired) electrons. The third kappa shape index (κ3) is 5.06. The molecular formula is C23H28ClNO3. The van der Waals surface area contributed by atoms with Crippen LogP contribution in [0.3, 0.4) is 0 Å². The molecule has 1 saturated heterocycles. The number of phenols is 1. The van der Waals surface area contributed by atoms with Crippen molar-refractivity contribution in [2.45, 2.75) is 51.5 Å². The Morgan fingerprint density at radius 1 is 1.11 bits per heavy atom. The number of benzene rings is 2. The summed E-state index contributed by atoms with van der Waals surface area (Å²) in [5, 5.41) is 10.8. The average Bonchev–Trinajstić information content (AvgIpc) is 3.45. The van der Waals surface area contributed by atoms with Crippen molar-refractivity contribution in [1.82, 2.24) is 4.90 Å². The lowest BCUT2D eigenvalue weighted by Crippen LogP contribution is -2.29. The molecule has 1 aliphatic heterocycles. The number of hydrogen-bond donors (Lipinski definition) is 1. The van der Waals surface area contributed by atoms with Crippen molar-refractivity contribution in [2.75, 3.05) is 13.3 Å².